The average Bonchev–Trinajstić information content (AvgIpc) is 2.62. The summed E-state index contributed by atoms with van der Waals surface area (Å²) in [6.07, 6.45) is -0.304. The Hall–Kier alpha value is -1.82. The van der Waals surface area contributed by atoms with Crippen LogP contribution in [0.1, 0.15) is 27.7 Å². The van der Waals surface area contributed by atoms with Crippen molar-refractivity contribution in [3.63, 3.8) is 0 Å². The molecule has 25 heavy (non-hydrogen) atoms. The summed E-state index contributed by atoms with van der Waals surface area (Å²) in [4.78, 5) is 26.8. The van der Waals surface area contributed by atoms with Crippen LogP contribution in [-0.4, -0.2) is 35.1 Å². The molecule has 5 nitrogen and oxygen atoms in total. The maximum Gasteiger partial charge on any atom is 0.263 e. The summed E-state index contributed by atoms with van der Waals surface area (Å²) in [5.74, 6) is -0.283. The van der Waals surface area contributed by atoms with Gasteiger partial charge in [-0.05, 0) is 36.8 Å². The highest BCUT2D eigenvalue weighted by Gasteiger charge is 2.28. The first kappa shape index (κ1) is 18.0. The predicted octanol–water partition coefficient (Wildman–Crippen LogP) is 3.21. The van der Waals surface area contributed by atoms with Gasteiger partial charge in [-0.1, -0.05) is 29.3 Å². The van der Waals surface area contributed by atoms with Crippen LogP contribution in [0, 0.1) is 6.92 Å². The zero-order chi connectivity index (χ0) is 18.1. The van der Waals surface area contributed by atoms with E-state index in [1.54, 1.807) is 36.2 Å². The summed E-state index contributed by atoms with van der Waals surface area (Å²) in [5.41, 5.74) is 1.53. The standard InChI is InChI=1S/C18H18Cl2N2O3/c1-11-3-5-13(17(23)21(11)2)18(24)22-7-8-25-16(10-22)12-4-6-14(19)15(20)9-12/h3-6,9,16H,7-8,10H2,1-2H3/t16-/m1/s1. The highest BCUT2D eigenvalue weighted by molar-refractivity contribution is 6.42. The van der Waals surface area contributed by atoms with Crippen LogP contribution in [0.5, 0.6) is 0 Å². The third-order valence-corrected chi connectivity index (χ3v) is 5.19. The van der Waals surface area contributed by atoms with E-state index in [1.165, 1.54) is 4.57 Å². The third kappa shape index (κ3) is 3.59. The van der Waals surface area contributed by atoms with Crippen LogP contribution in [0.15, 0.2) is 35.1 Å². The minimum absolute atomic E-state index is 0.169. The molecule has 1 aliphatic heterocycles. The van der Waals surface area contributed by atoms with Crippen molar-refractivity contribution >= 4 is 29.1 Å². The van der Waals surface area contributed by atoms with Crippen LogP contribution in [0.3, 0.4) is 0 Å². The molecule has 132 valence electrons. The highest BCUT2D eigenvalue weighted by Crippen LogP contribution is 2.29. The summed E-state index contributed by atoms with van der Waals surface area (Å²) >= 11 is 12.0. The second-order valence-electron chi connectivity index (χ2n) is 6.04. The minimum Gasteiger partial charge on any atom is -0.370 e. The quantitative estimate of drug-likeness (QED) is 0.803. The molecule has 0 aliphatic carbocycles. The first-order valence-electron chi connectivity index (χ1n) is 7.91. The van der Waals surface area contributed by atoms with Gasteiger partial charge in [0.25, 0.3) is 11.5 Å². The summed E-state index contributed by atoms with van der Waals surface area (Å²) in [6.45, 7) is 3.01. The number of rotatable bonds is 2. The Morgan fingerprint density at radius 3 is 2.68 bits per heavy atom. The zero-order valence-electron chi connectivity index (χ0n) is 14.0. The van der Waals surface area contributed by atoms with E-state index < -0.39 is 0 Å². The average molecular weight is 381 g/mol. The molecule has 1 fully saturated rings. The second-order valence-corrected chi connectivity index (χ2v) is 6.85. The fourth-order valence-corrected chi connectivity index (χ4v) is 3.12. The number of hydrogen-bond donors (Lipinski definition) is 0. The molecule has 1 atom stereocenters. The predicted molar refractivity (Wildman–Crippen MR) is 97.5 cm³/mol. The number of pyridine rings is 1. The van der Waals surface area contributed by atoms with E-state index in [1.807, 2.05) is 13.0 Å². The van der Waals surface area contributed by atoms with Gasteiger partial charge in [-0.15, -0.1) is 0 Å². The van der Waals surface area contributed by atoms with Gasteiger partial charge in [-0.3, -0.25) is 9.59 Å². The van der Waals surface area contributed by atoms with E-state index in [9.17, 15) is 9.59 Å². The molecule has 2 heterocycles. The highest BCUT2D eigenvalue weighted by atomic mass is 35.5. The lowest BCUT2D eigenvalue weighted by Crippen LogP contribution is -2.44. The molecule has 1 aliphatic rings. The number of amides is 1. The minimum atomic E-state index is -0.304. The normalized spacial score (nSPS) is 17.6. The van der Waals surface area contributed by atoms with Crippen molar-refractivity contribution in [1.82, 2.24) is 9.47 Å². The van der Waals surface area contributed by atoms with Gasteiger partial charge in [0.1, 0.15) is 11.7 Å². The first-order valence-corrected chi connectivity index (χ1v) is 8.66. The van der Waals surface area contributed by atoms with E-state index >= 15 is 0 Å². The number of carbonyl (C=O) groups is 1. The number of carbonyl (C=O) groups excluding carboxylic acids is 1. The van der Waals surface area contributed by atoms with Gasteiger partial charge in [0, 0.05) is 19.3 Å². The monoisotopic (exact) mass is 380 g/mol. The van der Waals surface area contributed by atoms with Crippen LogP contribution in [-0.2, 0) is 11.8 Å². The van der Waals surface area contributed by atoms with Crippen molar-refractivity contribution < 1.29 is 9.53 Å². The molecule has 1 amide bonds. The van der Waals surface area contributed by atoms with Gasteiger partial charge in [0.2, 0.25) is 0 Å². The molecule has 0 bridgehead atoms. The Labute approximate surface area is 155 Å². The van der Waals surface area contributed by atoms with Crippen LogP contribution < -0.4 is 5.56 Å². The number of ether oxygens (including phenoxy) is 1. The first-order chi connectivity index (χ1) is 11.9. The van der Waals surface area contributed by atoms with E-state index in [-0.39, 0.29) is 23.1 Å². The molecule has 1 saturated heterocycles. The lowest BCUT2D eigenvalue weighted by molar-refractivity contribution is -0.0228. The van der Waals surface area contributed by atoms with Crippen molar-refractivity contribution in [2.45, 2.75) is 13.0 Å². The molecule has 0 radical (unpaired) electrons. The number of morpholine rings is 1. The van der Waals surface area contributed by atoms with Gasteiger partial charge < -0.3 is 14.2 Å². The van der Waals surface area contributed by atoms with Gasteiger partial charge in [0.15, 0.2) is 0 Å². The molecule has 0 N–H and O–H groups in total. The van der Waals surface area contributed by atoms with Crippen molar-refractivity contribution in [1.29, 1.82) is 0 Å². The maximum atomic E-state index is 12.8. The number of aromatic nitrogens is 1. The third-order valence-electron chi connectivity index (χ3n) is 4.45. The number of hydrogen-bond acceptors (Lipinski definition) is 3. The summed E-state index contributed by atoms with van der Waals surface area (Å²) in [7, 11) is 1.66. The lowest BCUT2D eigenvalue weighted by atomic mass is 10.1. The lowest BCUT2D eigenvalue weighted by Gasteiger charge is -2.33. The Balaban J connectivity index is 1.84. The molecular formula is C18H18Cl2N2O3. The number of halogens is 2. The van der Waals surface area contributed by atoms with Crippen molar-refractivity contribution in [2.24, 2.45) is 7.05 Å². The number of aryl methyl sites for hydroxylation is 1. The summed E-state index contributed by atoms with van der Waals surface area (Å²) in [5, 5.41) is 0.913. The van der Waals surface area contributed by atoms with Crippen LogP contribution in [0.2, 0.25) is 10.0 Å². The summed E-state index contributed by atoms with van der Waals surface area (Å²) < 4.78 is 7.25. The van der Waals surface area contributed by atoms with Crippen molar-refractivity contribution in [2.75, 3.05) is 19.7 Å². The summed E-state index contributed by atoms with van der Waals surface area (Å²) in [6, 6.07) is 8.64. The molecule has 1 aromatic heterocycles. The zero-order valence-corrected chi connectivity index (χ0v) is 15.5. The Bertz CT molecular complexity index is 879. The number of nitrogens with zero attached hydrogens (tertiary/aromatic N) is 2. The van der Waals surface area contributed by atoms with Crippen molar-refractivity contribution in [3.05, 3.63) is 67.6 Å². The van der Waals surface area contributed by atoms with Gasteiger partial charge in [-0.2, -0.15) is 0 Å². The van der Waals surface area contributed by atoms with Crippen LogP contribution in [0.25, 0.3) is 0 Å². The van der Waals surface area contributed by atoms with E-state index in [2.05, 4.69) is 0 Å². The SMILES string of the molecule is Cc1ccc(C(=O)N2CCO[C@@H](c3ccc(Cl)c(Cl)c3)C2)c(=O)n1C. The van der Waals surface area contributed by atoms with Gasteiger partial charge in [0.05, 0.1) is 23.2 Å². The molecule has 0 spiro atoms. The Morgan fingerprint density at radius 2 is 1.96 bits per heavy atom. The second kappa shape index (κ2) is 7.20. The molecule has 7 heteroatoms. The fourth-order valence-electron chi connectivity index (χ4n) is 2.81. The molecular weight excluding hydrogens is 363 g/mol. The Morgan fingerprint density at radius 1 is 1.20 bits per heavy atom. The van der Waals surface area contributed by atoms with Crippen molar-refractivity contribution in [3.8, 4) is 0 Å². The maximum absolute atomic E-state index is 12.8. The topological polar surface area (TPSA) is 51.5 Å². The Kier molecular flexibility index (Phi) is 5.18. The van der Waals surface area contributed by atoms with Gasteiger partial charge in [-0.25, -0.2) is 0 Å². The smallest absolute Gasteiger partial charge is 0.263 e. The van der Waals surface area contributed by atoms with Gasteiger partial charge >= 0.3 is 0 Å². The molecule has 0 unspecified atom stereocenters. The fraction of sp³-hybridized carbons (Fsp3) is 0.333. The van der Waals surface area contributed by atoms with Crippen LogP contribution in [0.4, 0.5) is 0 Å². The van der Waals surface area contributed by atoms with E-state index in [4.69, 9.17) is 27.9 Å². The van der Waals surface area contributed by atoms with E-state index in [0.717, 1.165) is 11.3 Å². The van der Waals surface area contributed by atoms with Crippen LogP contribution >= 0.6 is 23.2 Å². The molecule has 3 rings (SSSR count). The molecule has 2 aromatic rings. The molecule has 0 saturated carbocycles. The largest absolute Gasteiger partial charge is 0.370 e. The van der Waals surface area contributed by atoms with E-state index in [0.29, 0.717) is 29.7 Å². The number of benzene rings is 1. The molecule has 1 aromatic carbocycles.